The van der Waals surface area contributed by atoms with Crippen molar-refractivity contribution in [3.63, 3.8) is 0 Å². The average Bonchev–Trinajstić information content (AvgIpc) is 2.55. The molecular formula is C18H15NO3. The molecule has 0 saturated heterocycles. The molecule has 4 nitrogen and oxygen atoms in total. The summed E-state index contributed by atoms with van der Waals surface area (Å²) in [5, 5.41) is 1.11. The first kappa shape index (κ1) is 14.1. The van der Waals surface area contributed by atoms with E-state index in [4.69, 9.17) is 4.74 Å². The molecule has 0 fully saturated rings. The van der Waals surface area contributed by atoms with Crippen molar-refractivity contribution in [3.05, 3.63) is 76.2 Å². The zero-order valence-corrected chi connectivity index (χ0v) is 12.4. The minimum absolute atomic E-state index is 0.155. The topological polar surface area (TPSA) is 48.3 Å². The van der Waals surface area contributed by atoms with Gasteiger partial charge in [0.1, 0.15) is 0 Å². The van der Waals surface area contributed by atoms with Crippen LogP contribution in [0.2, 0.25) is 0 Å². The molecule has 4 heteroatoms. The molecule has 0 bridgehead atoms. The highest BCUT2D eigenvalue weighted by atomic mass is 16.5. The molecule has 3 aromatic rings. The van der Waals surface area contributed by atoms with Crippen LogP contribution in [0, 0.1) is 6.92 Å². The van der Waals surface area contributed by atoms with Crippen molar-refractivity contribution < 1.29 is 9.53 Å². The molecule has 0 radical (unpaired) electrons. The number of aromatic nitrogens is 1. The van der Waals surface area contributed by atoms with Crippen LogP contribution in [0.3, 0.4) is 0 Å². The third-order valence-electron chi connectivity index (χ3n) is 3.61. The number of para-hydroxylation sites is 1. The Morgan fingerprint density at radius 3 is 2.45 bits per heavy atom. The SMILES string of the molecule is COC(=O)c1cn(-c2ccccc2)c(=O)c2cc(C)ccc12. The van der Waals surface area contributed by atoms with Gasteiger partial charge in [-0.1, -0.05) is 35.9 Å². The van der Waals surface area contributed by atoms with Crippen molar-refractivity contribution in [1.82, 2.24) is 4.57 Å². The lowest BCUT2D eigenvalue weighted by Gasteiger charge is -2.11. The van der Waals surface area contributed by atoms with Crippen LogP contribution in [-0.2, 0) is 4.74 Å². The third kappa shape index (κ3) is 2.29. The Hall–Kier alpha value is -2.88. The summed E-state index contributed by atoms with van der Waals surface area (Å²) in [6.45, 7) is 1.91. The van der Waals surface area contributed by atoms with Crippen molar-refractivity contribution in [2.24, 2.45) is 0 Å². The first-order valence-corrected chi connectivity index (χ1v) is 6.91. The van der Waals surface area contributed by atoms with E-state index in [2.05, 4.69) is 0 Å². The molecule has 0 aliphatic heterocycles. The molecule has 3 rings (SSSR count). The molecule has 0 aliphatic rings. The Morgan fingerprint density at radius 1 is 1.05 bits per heavy atom. The number of hydrogen-bond acceptors (Lipinski definition) is 3. The quantitative estimate of drug-likeness (QED) is 0.682. The van der Waals surface area contributed by atoms with Gasteiger partial charge in [-0.3, -0.25) is 9.36 Å². The van der Waals surface area contributed by atoms with Gasteiger partial charge in [0.15, 0.2) is 0 Å². The van der Waals surface area contributed by atoms with Gasteiger partial charge in [-0.25, -0.2) is 4.79 Å². The molecule has 0 saturated carbocycles. The maximum absolute atomic E-state index is 12.8. The minimum Gasteiger partial charge on any atom is -0.465 e. The van der Waals surface area contributed by atoms with Crippen LogP contribution in [0.25, 0.3) is 16.5 Å². The van der Waals surface area contributed by atoms with E-state index in [0.29, 0.717) is 22.0 Å². The molecule has 0 spiro atoms. The Kier molecular flexibility index (Phi) is 3.51. The second-order valence-corrected chi connectivity index (χ2v) is 5.09. The van der Waals surface area contributed by atoms with Crippen LogP contribution in [-0.4, -0.2) is 17.6 Å². The number of carbonyl (C=O) groups excluding carboxylic acids is 1. The summed E-state index contributed by atoms with van der Waals surface area (Å²) in [4.78, 5) is 24.8. The Labute approximate surface area is 127 Å². The lowest BCUT2D eigenvalue weighted by atomic mass is 10.0. The molecule has 0 atom stereocenters. The van der Waals surface area contributed by atoms with Crippen molar-refractivity contribution >= 4 is 16.7 Å². The Morgan fingerprint density at radius 2 is 1.77 bits per heavy atom. The summed E-state index contributed by atoms with van der Waals surface area (Å²) in [5.41, 5.74) is 1.89. The fourth-order valence-electron chi connectivity index (χ4n) is 2.51. The first-order valence-electron chi connectivity index (χ1n) is 6.91. The number of carbonyl (C=O) groups is 1. The number of hydrogen-bond donors (Lipinski definition) is 0. The number of fused-ring (bicyclic) bond motifs is 1. The van der Waals surface area contributed by atoms with Crippen LogP contribution in [0.4, 0.5) is 0 Å². The van der Waals surface area contributed by atoms with Gasteiger partial charge in [-0.15, -0.1) is 0 Å². The number of methoxy groups -OCH3 is 1. The molecule has 2 aromatic carbocycles. The van der Waals surface area contributed by atoms with Gasteiger partial charge >= 0.3 is 5.97 Å². The van der Waals surface area contributed by atoms with E-state index >= 15 is 0 Å². The molecule has 0 amide bonds. The lowest BCUT2D eigenvalue weighted by molar-refractivity contribution is 0.0602. The van der Waals surface area contributed by atoms with Gasteiger partial charge < -0.3 is 4.74 Å². The highest BCUT2D eigenvalue weighted by molar-refractivity contribution is 6.04. The largest absolute Gasteiger partial charge is 0.465 e. The molecule has 0 unspecified atom stereocenters. The summed E-state index contributed by atoms with van der Waals surface area (Å²) in [6, 6.07) is 14.7. The molecule has 1 heterocycles. The standard InChI is InChI=1S/C18H15NO3/c1-12-8-9-14-15(10-12)17(20)19(11-16(14)18(21)22-2)13-6-4-3-5-7-13/h3-11H,1-2H3. The number of aryl methyl sites for hydroxylation is 1. The zero-order valence-electron chi connectivity index (χ0n) is 12.4. The third-order valence-corrected chi connectivity index (χ3v) is 3.61. The zero-order chi connectivity index (χ0) is 15.7. The van der Waals surface area contributed by atoms with Gasteiger partial charge in [-0.2, -0.15) is 0 Å². The molecular weight excluding hydrogens is 278 g/mol. The summed E-state index contributed by atoms with van der Waals surface area (Å²) in [6.07, 6.45) is 1.54. The fraction of sp³-hybridized carbons (Fsp3) is 0.111. The van der Waals surface area contributed by atoms with Crippen molar-refractivity contribution in [2.75, 3.05) is 7.11 Å². The van der Waals surface area contributed by atoms with E-state index in [1.54, 1.807) is 18.3 Å². The lowest BCUT2D eigenvalue weighted by Crippen LogP contribution is -2.21. The van der Waals surface area contributed by atoms with Gasteiger partial charge in [-0.05, 0) is 25.1 Å². The Bertz CT molecular complexity index is 911. The van der Waals surface area contributed by atoms with Gasteiger partial charge in [0.2, 0.25) is 0 Å². The summed E-state index contributed by atoms with van der Waals surface area (Å²) < 4.78 is 6.33. The highest BCUT2D eigenvalue weighted by Gasteiger charge is 2.16. The van der Waals surface area contributed by atoms with Gasteiger partial charge in [0.25, 0.3) is 5.56 Å². The van der Waals surface area contributed by atoms with E-state index in [1.165, 1.54) is 11.7 Å². The number of esters is 1. The number of pyridine rings is 1. The predicted molar refractivity (Wildman–Crippen MR) is 85.6 cm³/mol. The second-order valence-electron chi connectivity index (χ2n) is 5.09. The van der Waals surface area contributed by atoms with Crippen molar-refractivity contribution in [2.45, 2.75) is 6.92 Å². The molecule has 0 aliphatic carbocycles. The number of benzene rings is 2. The van der Waals surface area contributed by atoms with E-state index < -0.39 is 5.97 Å². The van der Waals surface area contributed by atoms with E-state index in [-0.39, 0.29) is 5.56 Å². The van der Waals surface area contributed by atoms with Crippen LogP contribution in [0.5, 0.6) is 0 Å². The van der Waals surface area contributed by atoms with E-state index in [1.807, 2.05) is 43.3 Å². The van der Waals surface area contributed by atoms with Crippen LogP contribution < -0.4 is 5.56 Å². The van der Waals surface area contributed by atoms with Crippen molar-refractivity contribution in [3.8, 4) is 5.69 Å². The molecule has 0 N–H and O–H groups in total. The van der Waals surface area contributed by atoms with Crippen LogP contribution in [0.15, 0.2) is 59.5 Å². The molecule has 1 aromatic heterocycles. The number of nitrogens with zero attached hydrogens (tertiary/aromatic N) is 1. The maximum Gasteiger partial charge on any atom is 0.340 e. The number of ether oxygens (including phenoxy) is 1. The number of rotatable bonds is 2. The second kappa shape index (κ2) is 5.48. The average molecular weight is 293 g/mol. The summed E-state index contributed by atoms with van der Waals surface area (Å²) in [5.74, 6) is -0.460. The van der Waals surface area contributed by atoms with E-state index in [0.717, 1.165) is 5.56 Å². The minimum atomic E-state index is -0.460. The molecule has 110 valence electrons. The summed E-state index contributed by atoms with van der Waals surface area (Å²) in [7, 11) is 1.33. The smallest absolute Gasteiger partial charge is 0.340 e. The van der Waals surface area contributed by atoms with Crippen LogP contribution in [0.1, 0.15) is 15.9 Å². The van der Waals surface area contributed by atoms with Gasteiger partial charge in [0.05, 0.1) is 12.7 Å². The van der Waals surface area contributed by atoms with Crippen molar-refractivity contribution in [1.29, 1.82) is 0 Å². The molecule has 22 heavy (non-hydrogen) atoms. The normalized spacial score (nSPS) is 10.6. The fourth-order valence-corrected chi connectivity index (χ4v) is 2.51. The maximum atomic E-state index is 12.8. The Balaban J connectivity index is 2.42. The van der Waals surface area contributed by atoms with Gasteiger partial charge in [0, 0.05) is 22.7 Å². The summed E-state index contributed by atoms with van der Waals surface area (Å²) >= 11 is 0. The predicted octanol–water partition coefficient (Wildman–Crippen LogP) is 3.09. The monoisotopic (exact) mass is 293 g/mol. The van der Waals surface area contributed by atoms with E-state index in [9.17, 15) is 9.59 Å². The first-order chi connectivity index (χ1) is 10.6. The van der Waals surface area contributed by atoms with Crippen LogP contribution >= 0.6 is 0 Å². The highest BCUT2D eigenvalue weighted by Crippen LogP contribution is 2.19.